The maximum atomic E-state index is 12.0. The molecule has 2 N–H and O–H groups in total. The fourth-order valence-electron chi connectivity index (χ4n) is 2.74. The Morgan fingerprint density at radius 2 is 1.80 bits per heavy atom. The molecule has 0 spiro atoms. The summed E-state index contributed by atoms with van der Waals surface area (Å²) in [5.41, 5.74) is 0.0765. The molecule has 0 aromatic heterocycles. The first-order valence-electron chi connectivity index (χ1n) is 6.00. The van der Waals surface area contributed by atoms with Crippen LogP contribution in [0.15, 0.2) is 28.4 Å². The molecule has 0 fully saturated rings. The number of nitrogens with zero attached hydrogens (tertiary/aromatic N) is 1. The van der Waals surface area contributed by atoms with Crippen LogP contribution < -0.4 is 4.48 Å². The third-order valence-corrected chi connectivity index (χ3v) is 4.01. The van der Waals surface area contributed by atoms with E-state index in [2.05, 4.69) is 15.9 Å². The first-order chi connectivity index (χ1) is 9.12. The molecular formula is C14H15BrNO4+. The van der Waals surface area contributed by atoms with Crippen LogP contribution in [-0.4, -0.2) is 27.8 Å². The van der Waals surface area contributed by atoms with E-state index in [1.54, 1.807) is 39.0 Å². The van der Waals surface area contributed by atoms with E-state index >= 15 is 0 Å². The minimum Gasteiger partial charge on any atom is -0.474 e. The number of halogens is 1. The van der Waals surface area contributed by atoms with Crippen LogP contribution in [0.1, 0.15) is 26.3 Å². The molecule has 0 saturated heterocycles. The summed E-state index contributed by atoms with van der Waals surface area (Å²) in [6.07, 6.45) is 0.231. The van der Waals surface area contributed by atoms with Gasteiger partial charge in [-0.05, 0) is 32.9 Å². The molecule has 0 aliphatic carbocycles. The number of hydrogen-bond acceptors (Lipinski definition) is 2. The fourth-order valence-corrected chi connectivity index (χ4v) is 3.12. The molecule has 1 aliphatic heterocycles. The van der Waals surface area contributed by atoms with Gasteiger partial charge in [-0.25, -0.2) is 4.79 Å². The van der Waals surface area contributed by atoms with Gasteiger partial charge in [0.25, 0.3) is 0 Å². The van der Waals surface area contributed by atoms with Gasteiger partial charge in [-0.2, -0.15) is 4.79 Å². The van der Waals surface area contributed by atoms with Gasteiger partial charge in [0.1, 0.15) is 5.54 Å². The lowest BCUT2D eigenvalue weighted by Gasteiger charge is -2.40. The molecule has 1 aromatic rings. The van der Waals surface area contributed by atoms with Gasteiger partial charge in [0.05, 0.1) is 0 Å². The normalized spacial score (nSPS) is 21.3. The third-order valence-electron chi connectivity index (χ3n) is 3.52. The highest BCUT2D eigenvalue weighted by atomic mass is 79.9. The molecule has 2 rings (SSSR count). The number of carboxylic acids is 1. The summed E-state index contributed by atoms with van der Waals surface area (Å²) in [6, 6.07) is 5.11. The van der Waals surface area contributed by atoms with Gasteiger partial charge < -0.3 is 10.2 Å². The smallest absolute Gasteiger partial charge is 0.474 e. The monoisotopic (exact) mass is 340 g/mol. The predicted molar refractivity (Wildman–Crippen MR) is 79.3 cm³/mol. The van der Waals surface area contributed by atoms with Gasteiger partial charge in [-0.3, -0.25) is 0 Å². The van der Waals surface area contributed by atoms with E-state index in [-0.39, 0.29) is 5.70 Å². The fraction of sp³-hybridized carbons (Fsp3) is 0.286. The Morgan fingerprint density at radius 3 is 2.25 bits per heavy atom. The van der Waals surface area contributed by atoms with Gasteiger partial charge in [0.15, 0.2) is 5.69 Å². The van der Waals surface area contributed by atoms with Gasteiger partial charge in [-0.15, -0.1) is 4.48 Å². The predicted octanol–water partition coefficient (Wildman–Crippen LogP) is 3.67. The number of aliphatic carboxylic acids is 1. The number of benzene rings is 1. The maximum absolute atomic E-state index is 12.0. The van der Waals surface area contributed by atoms with Crippen LogP contribution in [0.4, 0.5) is 10.5 Å². The number of carboxylic acid groups (broad SMARTS) is 2. The molecule has 106 valence electrons. The van der Waals surface area contributed by atoms with Gasteiger partial charge in [0.2, 0.25) is 5.70 Å². The average Bonchev–Trinajstić information content (AvgIpc) is 2.63. The Kier molecular flexibility index (Phi) is 3.26. The molecule has 1 amide bonds. The van der Waals surface area contributed by atoms with Crippen LogP contribution in [0, 0.1) is 0 Å². The van der Waals surface area contributed by atoms with E-state index in [0.29, 0.717) is 11.3 Å². The summed E-state index contributed by atoms with van der Waals surface area (Å²) < 4.78 is 0.0573. The second-order valence-corrected chi connectivity index (χ2v) is 6.58. The minimum absolute atomic E-state index is 0.155. The van der Waals surface area contributed by atoms with Gasteiger partial charge in [0, 0.05) is 22.2 Å². The van der Waals surface area contributed by atoms with Crippen molar-refractivity contribution in [2.45, 2.75) is 26.3 Å². The topological polar surface area (TPSA) is 74.6 Å². The summed E-state index contributed by atoms with van der Waals surface area (Å²) >= 11 is 3.32. The second kappa shape index (κ2) is 4.43. The molecule has 0 radical (unpaired) electrons. The Morgan fingerprint density at radius 1 is 1.20 bits per heavy atom. The van der Waals surface area contributed by atoms with Crippen LogP contribution in [0.25, 0.3) is 6.08 Å². The molecular weight excluding hydrogens is 326 g/mol. The van der Waals surface area contributed by atoms with Crippen LogP contribution in [0.2, 0.25) is 0 Å². The molecule has 5 nitrogen and oxygen atoms in total. The number of carbonyl (C=O) groups is 2. The van der Waals surface area contributed by atoms with Crippen molar-refractivity contribution in [3.05, 3.63) is 33.9 Å². The summed E-state index contributed by atoms with van der Waals surface area (Å²) in [6.45, 7) is 5.15. The standard InChI is InChI=1S/C14H14BrNO4/c1-14(2,3)16(13(19)20)10-5-4-9(15)6-8(10)7-11(16)12(17)18/h4-7H,1-3H3,(H-,17,18,19,20)/p+1. The van der Waals surface area contributed by atoms with Crippen molar-refractivity contribution >= 4 is 39.8 Å². The Bertz CT molecular complexity index is 645. The SMILES string of the molecule is CC(C)(C)[N+]1(C(=O)O)C(C(=O)O)=Cc2cc(Br)ccc21. The Balaban J connectivity index is 2.88. The van der Waals surface area contributed by atoms with E-state index in [1.807, 2.05) is 0 Å². The molecule has 6 heteroatoms. The van der Waals surface area contributed by atoms with Crippen molar-refractivity contribution in [3.63, 3.8) is 0 Å². The number of amides is 1. The largest absolute Gasteiger partial charge is 0.524 e. The van der Waals surface area contributed by atoms with Crippen molar-refractivity contribution in [2.75, 3.05) is 0 Å². The lowest BCUT2D eigenvalue weighted by molar-refractivity contribution is -0.134. The highest BCUT2D eigenvalue weighted by Gasteiger charge is 2.59. The van der Waals surface area contributed by atoms with Crippen molar-refractivity contribution < 1.29 is 19.8 Å². The van der Waals surface area contributed by atoms with E-state index in [4.69, 9.17) is 0 Å². The molecule has 20 heavy (non-hydrogen) atoms. The van der Waals surface area contributed by atoms with Crippen molar-refractivity contribution in [1.29, 1.82) is 0 Å². The van der Waals surface area contributed by atoms with Gasteiger partial charge in [-0.1, -0.05) is 15.9 Å². The lowest BCUT2D eigenvalue weighted by atomic mass is 9.99. The first kappa shape index (κ1) is 14.7. The minimum atomic E-state index is -1.23. The van der Waals surface area contributed by atoms with Crippen LogP contribution in [-0.2, 0) is 4.79 Å². The molecule has 0 saturated carbocycles. The number of rotatable bonds is 1. The van der Waals surface area contributed by atoms with Crippen molar-refractivity contribution in [1.82, 2.24) is 4.48 Å². The summed E-state index contributed by atoms with van der Waals surface area (Å²) in [5, 5.41) is 19.2. The second-order valence-electron chi connectivity index (χ2n) is 5.66. The Hall–Kier alpha value is -1.66. The van der Waals surface area contributed by atoms with Gasteiger partial charge >= 0.3 is 12.1 Å². The molecule has 1 heterocycles. The zero-order chi connectivity index (χ0) is 15.3. The molecule has 1 unspecified atom stereocenters. The average molecular weight is 341 g/mol. The third kappa shape index (κ3) is 1.79. The van der Waals surface area contributed by atoms with E-state index in [1.165, 1.54) is 6.08 Å². The quantitative estimate of drug-likeness (QED) is 0.765. The Labute approximate surface area is 124 Å². The molecule has 1 aliphatic rings. The molecule has 1 atom stereocenters. The summed E-state index contributed by atoms with van der Waals surface area (Å²) in [5.74, 6) is -1.23. The first-order valence-corrected chi connectivity index (χ1v) is 6.80. The zero-order valence-corrected chi connectivity index (χ0v) is 12.9. The van der Waals surface area contributed by atoms with Crippen LogP contribution in [0.3, 0.4) is 0 Å². The van der Waals surface area contributed by atoms with E-state index in [9.17, 15) is 19.8 Å². The highest BCUT2D eigenvalue weighted by Crippen LogP contribution is 2.47. The molecule has 0 bridgehead atoms. The lowest BCUT2D eigenvalue weighted by Crippen LogP contribution is -2.64. The highest BCUT2D eigenvalue weighted by molar-refractivity contribution is 9.10. The zero-order valence-electron chi connectivity index (χ0n) is 11.3. The van der Waals surface area contributed by atoms with E-state index in [0.717, 1.165) is 4.47 Å². The summed E-state index contributed by atoms with van der Waals surface area (Å²) in [4.78, 5) is 23.6. The van der Waals surface area contributed by atoms with Crippen molar-refractivity contribution in [3.8, 4) is 0 Å². The maximum Gasteiger partial charge on any atom is 0.524 e. The van der Waals surface area contributed by atoms with E-state index < -0.39 is 22.1 Å². The number of quaternary nitrogens is 1. The summed E-state index contributed by atoms with van der Waals surface area (Å²) in [7, 11) is 0. The number of fused-ring (bicyclic) bond motifs is 1. The number of hydrogen-bond donors (Lipinski definition) is 2. The van der Waals surface area contributed by atoms with Crippen LogP contribution in [0.5, 0.6) is 0 Å². The van der Waals surface area contributed by atoms with Crippen molar-refractivity contribution in [2.24, 2.45) is 0 Å². The molecule has 1 aromatic carbocycles. The van der Waals surface area contributed by atoms with Crippen LogP contribution >= 0.6 is 15.9 Å².